The van der Waals surface area contributed by atoms with Crippen LogP contribution in [0.5, 0.6) is 0 Å². The van der Waals surface area contributed by atoms with Crippen molar-refractivity contribution in [3.05, 3.63) is 53.6 Å². The quantitative estimate of drug-likeness (QED) is 0.423. The van der Waals surface area contributed by atoms with E-state index < -0.39 is 0 Å². The molecule has 0 saturated carbocycles. The molecule has 0 unspecified atom stereocenters. The summed E-state index contributed by atoms with van der Waals surface area (Å²) in [5, 5.41) is 7.43. The van der Waals surface area contributed by atoms with E-state index in [9.17, 15) is 4.39 Å². The molecule has 1 aromatic carbocycles. The van der Waals surface area contributed by atoms with Crippen molar-refractivity contribution in [3.8, 4) is 0 Å². The molecule has 0 aliphatic heterocycles. The van der Waals surface area contributed by atoms with Gasteiger partial charge in [-0.05, 0) is 36.6 Å². The normalized spacial score (nSPS) is 11.1. The summed E-state index contributed by atoms with van der Waals surface area (Å²) in [5.41, 5.74) is 2.09. The fourth-order valence-electron chi connectivity index (χ4n) is 2.35. The third-order valence-electron chi connectivity index (χ3n) is 3.43. The van der Waals surface area contributed by atoms with Gasteiger partial charge >= 0.3 is 0 Å². The molecule has 0 fully saturated rings. The Hall–Kier alpha value is -1.64. The van der Waals surface area contributed by atoms with Gasteiger partial charge in [0.2, 0.25) is 0 Å². The summed E-state index contributed by atoms with van der Waals surface area (Å²) in [6, 6.07) is 6.65. The summed E-state index contributed by atoms with van der Waals surface area (Å²) in [5.74, 6) is 0.607. The van der Waals surface area contributed by atoms with Crippen LogP contribution in [0.2, 0.25) is 0 Å². The van der Waals surface area contributed by atoms with E-state index in [0.717, 1.165) is 24.5 Å². The number of nitrogens with one attached hydrogen (secondary N) is 1. The van der Waals surface area contributed by atoms with E-state index in [1.807, 2.05) is 44.4 Å². The van der Waals surface area contributed by atoms with E-state index >= 15 is 0 Å². The number of nitrogens with zero attached hydrogens (tertiary/aromatic N) is 4. The zero-order valence-corrected chi connectivity index (χ0v) is 16.7. The van der Waals surface area contributed by atoms with Crippen LogP contribution in [0.15, 0.2) is 41.7 Å². The van der Waals surface area contributed by atoms with Gasteiger partial charge in [-0.3, -0.25) is 9.67 Å². The monoisotopic (exact) mass is 445 g/mol. The maximum atomic E-state index is 13.3. The predicted octanol–water partition coefficient (Wildman–Crippen LogP) is 2.82. The van der Waals surface area contributed by atoms with Gasteiger partial charge < -0.3 is 10.2 Å². The number of halogens is 2. The van der Waals surface area contributed by atoms with Crippen molar-refractivity contribution in [2.75, 3.05) is 20.1 Å². The minimum absolute atomic E-state index is 0. The highest BCUT2D eigenvalue weighted by molar-refractivity contribution is 14.0. The molecule has 0 aliphatic rings. The number of hydrogen-bond acceptors (Lipinski definition) is 2. The predicted molar refractivity (Wildman–Crippen MR) is 106 cm³/mol. The summed E-state index contributed by atoms with van der Waals surface area (Å²) in [6.45, 7) is 4.11. The molecule has 1 aromatic heterocycles. The molecule has 2 aromatic rings. The molecule has 0 radical (unpaired) electrons. The molecule has 2 rings (SSSR count). The van der Waals surface area contributed by atoms with Gasteiger partial charge in [-0.1, -0.05) is 12.1 Å². The van der Waals surface area contributed by atoms with E-state index in [0.29, 0.717) is 13.1 Å². The summed E-state index contributed by atoms with van der Waals surface area (Å²) in [7, 11) is 3.86. The van der Waals surface area contributed by atoms with Crippen molar-refractivity contribution in [3.63, 3.8) is 0 Å². The lowest BCUT2D eigenvalue weighted by molar-refractivity contribution is 0.475. The Bertz CT molecular complexity index is 656. The molecule has 24 heavy (non-hydrogen) atoms. The highest BCUT2D eigenvalue weighted by atomic mass is 127. The van der Waals surface area contributed by atoms with Gasteiger partial charge in [-0.25, -0.2) is 4.39 Å². The topological polar surface area (TPSA) is 45.5 Å². The fraction of sp³-hybridized carbons (Fsp3) is 0.412. The first-order chi connectivity index (χ1) is 11.1. The number of aliphatic imine (C=N–C) groups is 1. The van der Waals surface area contributed by atoms with Gasteiger partial charge in [0.1, 0.15) is 5.82 Å². The minimum atomic E-state index is -0.214. The second-order valence-electron chi connectivity index (χ2n) is 5.49. The first-order valence-electron chi connectivity index (χ1n) is 7.80. The minimum Gasteiger partial charge on any atom is -0.357 e. The summed E-state index contributed by atoms with van der Waals surface area (Å²) < 4.78 is 15.1. The van der Waals surface area contributed by atoms with Crippen molar-refractivity contribution in [2.45, 2.75) is 19.9 Å². The third kappa shape index (κ3) is 6.46. The summed E-state index contributed by atoms with van der Waals surface area (Å²) in [6.07, 6.45) is 4.70. The van der Waals surface area contributed by atoms with Crippen LogP contribution in [0.3, 0.4) is 0 Å². The SMILES string of the molecule is CCNC(=NCCc1cnn(C)c1)N(C)Cc1cccc(F)c1.I. The lowest BCUT2D eigenvalue weighted by atomic mass is 10.2. The van der Waals surface area contributed by atoms with Crippen LogP contribution in [-0.2, 0) is 20.0 Å². The Morgan fingerprint density at radius 1 is 1.38 bits per heavy atom. The van der Waals surface area contributed by atoms with Crippen molar-refractivity contribution in [1.29, 1.82) is 0 Å². The highest BCUT2D eigenvalue weighted by Crippen LogP contribution is 2.06. The van der Waals surface area contributed by atoms with Crippen LogP contribution in [0.4, 0.5) is 4.39 Å². The van der Waals surface area contributed by atoms with Gasteiger partial charge in [0.25, 0.3) is 0 Å². The second kappa shape index (κ2) is 10.3. The molecule has 1 heterocycles. The fourth-order valence-corrected chi connectivity index (χ4v) is 2.35. The second-order valence-corrected chi connectivity index (χ2v) is 5.49. The van der Waals surface area contributed by atoms with Gasteiger partial charge in [-0.2, -0.15) is 5.10 Å². The van der Waals surface area contributed by atoms with Crippen LogP contribution in [0.1, 0.15) is 18.1 Å². The number of rotatable bonds is 6. The van der Waals surface area contributed by atoms with Gasteiger partial charge in [-0.15, -0.1) is 24.0 Å². The van der Waals surface area contributed by atoms with Crippen molar-refractivity contribution in [2.24, 2.45) is 12.0 Å². The Morgan fingerprint density at radius 3 is 2.79 bits per heavy atom. The summed E-state index contributed by atoms with van der Waals surface area (Å²) >= 11 is 0. The van der Waals surface area contributed by atoms with Crippen molar-refractivity contribution >= 4 is 29.9 Å². The largest absolute Gasteiger partial charge is 0.357 e. The first kappa shape index (κ1) is 20.4. The Balaban J connectivity index is 0.00000288. The van der Waals surface area contributed by atoms with E-state index in [1.165, 1.54) is 11.6 Å². The smallest absolute Gasteiger partial charge is 0.193 e. The van der Waals surface area contributed by atoms with Crippen molar-refractivity contribution in [1.82, 2.24) is 20.0 Å². The standard InChI is InChI=1S/C17H24FN5.HI/c1-4-19-17(20-9-8-15-11-21-23(3)13-15)22(2)12-14-6-5-7-16(18)10-14;/h5-7,10-11,13H,4,8-9,12H2,1-3H3,(H,19,20);1H. The lowest BCUT2D eigenvalue weighted by Crippen LogP contribution is -2.38. The zero-order chi connectivity index (χ0) is 16.7. The Kier molecular flexibility index (Phi) is 8.73. The lowest BCUT2D eigenvalue weighted by Gasteiger charge is -2.22. The van der Waals surface area contributed by atoms with Crippen LogP contribution in [-0.4, -0.2) is 40.8 Å². The molecule has 0 bridgehead atoms. The third-order valence-corrected chi connectivity index (χ3v) is 3.43. The number of guanidine groups is 1. The average Bonchev–Trinajstić information content (AvgIpc) is 2.92. The molecule has 5 nitrogen and oxygen atoms in total. The van der Waals surface area contributed by atoms with Crippen LogP contribution in [0.25, 0.3) is 0 Å². The van der Waals surface area contributed by atoms with Crippen molar-refractivity contribution < 1.29 is 4.39 Å². The molecule has 132 valence electrons. The highest BCUT2D eigenvalue weighted by Gasteiger charge is 2.07. The number of hydrogen-bond donors (Lipinski definition) is 1. The molecule has 0 saturated heterocycles. The number of benzene rings is 1. The number of aryl methyl sites for hydroxylation is 1. The van der Waals surface area contributed by atoms with E-state index in [2.05, 4.69) is 15.4 Å². The zero-order valence-electron chi connectivity index (χ0n) is 14.4. The van der Waals surface area contributed by atoms with Gasteiger partial charge in [0.15, 0.2) is 5.96 Å². The summed E-state index contributed by atoms with van der Waals surface area (Å²) in [4.78, 5) is 6.64. The average molecular weight is 445 g/mol. The molecule has 7 heteroatoms. The molecular formula is C17H25FIN5. The first-order valence-corrected chi connectivity index (χ1v) is 7.80. The van der Waals surface area contributed by atoms with E-state index in [1.54, 1.807) is 16.8 Å². The van der Waals surface area contributed by atoms with Gasteiger partial charge in [0.05, 0.1) is 6.20 Å². The maximum Gasteiger partial charge on any atom is 0.193 e. The Labute approximate surface area is 160 Å². The molecule has 1 N–H and O–H groups in total. The molecule has 0 amide bonds. The molecule has 0 aliphatic carbocycles. The maximum absolute atomic E-state index is 13.3. The molecule has 0 spiro atoms. The van der Waals surface area contributed by atoms with E-state index in [-0.39, 0.29) is 29.8 Å². The molecule has 0 atom stereocenters. The van der Waals surface area contributed by atoms with Crippen LogP contribution < -0.4 is 5.32 Å². The van der Waals surface area contributed by atoms with E-state index in [4.69, 9.17) is 0 Å². The van der Waals surface area contributed by atoms with Crippen LogP contribution >= 0.6 is 24.0 Å². The van der Waals surface area contributed by atoms with Crippen LogP contribution in [0, 0.1) is 5.82 Å². The molecular weight excluding hydrogens is 420 g/mol. The van der Waals surface area contributed by atoms with Gasteiger partial charge in [0, 0.05) is 39.9 Å². The number of aromatic nitrogens is 2. The Morgan fingerprint density at radius 2 is 2.17 bits per heavy atom.